The standard InChI is InChI=1S/C16H33N3O3S/c1-14(2)12-16(6-5-7-16)13-19-15(17-3)18-8-9-22-10-11-23(4,20)21/h14H,5-13H2,1-4H3,(H2,17,18,19). The zero-order valence-electron chi connectivity index (χ0n) is 15.0. The summed E-state index contributed by atoms with van der Waals surface area (Å²) >= 11 is 0. The number of hydrogen-bond donors (Lipinski definition) is 2. The molecule has 7 heteroatoms. The first-order valence-electron chi connectivity index (χ1n) is 8.46. The number of hydrogen-bond acceptors (Lipinski definition) is 4. The summed E-state index contributed by atoms with van der Waals surface area (Å²) in [6.45, 7) is 6.83. The third kappa shape index (κ3) is 8.55. The van der Waals surface area contributed by atoms with E-state index in [-0.39, 0.29) is 12.4 Å². The third-order valence-corrected chi connectivity index (χ3v) is 5.16. The van der Waals surface area contributed by atoms with E-state index < -0.39 is 9.84 Å². The molecule has 0 aromatic heterocycles. The van der Waals surface area contributed by atoms with Gasteiger partial charge < -0.3 is 15.4 Å². The first-order chi connectivity index (χ1) is 10.8. The van der Waals surface area contributed by atoms with Crippen LogP contribution in [0.2, 0.25) is 0 Å². The normalized spacial score (nSPS) is 17.9. The van der Waals surface area contributed by atoms with E-state index in [0.29, 0.717) is 18.6 Å². The summed E-state index contributed by atoms with van der Waals surface area (Å²) in [5, 5.41) is 6.63. The predicted molar refractivity (Wildman–Crippen MR) is 95.6 cm³/mol. The van der Waals surface area contributed by atoms with E-state index in [2.05, 4.69) is 29.5 Å². The van der Waals surface area contributed by atoms with E-state index in [4.69, 9.17) is 4.74 Å². The number of sulfone groups is 1. The molecule has 0 heterocycles. The van der Waals surface area contributed by atoms with Crippen molar-refractivity contribution >= 4 is 15.8 Å². The highest BCUT2D eigenvalue weighted by Crippen LogP contribution is 2.45. The topological polar surface area (TPSA) is 79.8 Å². The van der Waals surface area contributed by atoms with Gasteiger partial charge in [0.2, 0.25) is 0 Å². The Bertz CT molecular complexity index is 471. The van der Waals surface area contributed by atoms with Crippen molar-refractivity contribution in [1.82, 2.24) is 10.6 Å². The molecule has 1 saturated carbocycles. The number of nitrogens with one attached hydrogen (secondary N) is 2. The van der Waals surface area contributed by atoms with E-state index in [1.807, 2.05) is 0 Å². The Morgan fingerprint density at radius 2 is 1.96 bits per heavy atom. The molecule has 0 bridgehead atoms. The van der Waals surface area contributed by atoms with Crippen molar-refractivity contribution in [2.75, 3.05) is 45.4 Å². The van der Waals surface area contributed by atoms with Crippen molar-refractivity contribution in [3.8, 4) is 0 Å². The van der Waals surface area contributed by atoms with Crippen LogP contribution in [0.1, 0.15) is 39.5 Å². The largest absolute Gasteiger partial charge is 0.379 e. The van der Waals surface area contributed by atoms with Crippen LogP contribution in [0.15, 0.2) is 4.99 Å². The molecule has 0 unspecified atom stereocenters. The molecule has 1 rings (SSSR count). The lowest BCUT2D eigenvalue weighted by Gasteiger charge is -2.43. The van der Waals surface area contributed by atoms with Gasteiger partial charge in [0.15, 0.2) is 5.96 Å². The van der Waals surface area contributed by atoms with E-state index in [0.717, 1.165) is 18.4 Å². The van der Waals surface area contributed by atoms with Gasteiger partial charge in [-0.15, -0.1) is 0 Å². The van der Waals surface area contributed by atoms with Gasteiger partial charge in [-0.25, -0.2) is 8.42 Å². The van der Waals surface area contributed by atoms with Crippen LogP contribution in [0.5, 0.6) is 0 Å². The zero-order chi connectivity index (χ0) is 17.3. The van der Waals surface area contributed by atoms with Crippen molar-refractivity contribution in [3.63, 3.8) is 0 Å². The summed E-state index contributed by atoms with van der Waals surface area (Å²) in [7, 11) is -1.19. The Morgan fingerprint density at radius 1 is 1.26 bits per heavy atom. The molecule has 0 amide bonds. The number of ether oxygens (including phenoxy) is 1. The average molecular weight is 348 g/mol. The zero-order valence-corrected chi connectivity index (χ0v) is 15.8. The molecular formula is C16H33N3O3S. The summed E-state index contributed by atoms with van der Waals surface area (Å²) in [6.07, 6.45) is 6.39. The van der Waals surface area contributed by atoms with Crippen LogP contribution in [0.4, 0.5) is 0 Å². The van der Waals surface area contributed by atoms with E-state index in [9.17, 15) is 8.42 Å². The first-order valence-corrected chi connectivity index (χ1v) is 10.5. The lowest BCUT2D eigenvalue weighted by atomic mass is 9.64. The van der Waals surface area contributed by atoms with Gasteiger partial charge in [0, 0.05) is 26.4 Å². The van der Waals surface area contributed by atoms with Crippen LogP contribution < -0.4 is 10.6 Å². The molecule has 136 valence electrons. The van der Waals surface area contributed by atoms with Gasteiger partial charge in [0.05, 0.1) is 19.0 Å². The van der Waals surface area contributed by atoms with Crippen LogP contribution in [-0.4, -0.2) is 59.7 Å². The van der Waals surface area contributed by atoms with Crippen LogP contribution in [-0.2, 0) is 14.6 Å². The maximum Gasteiger partial charge on any atom is 0.191 e. The second-order valence-corrected chi connectivity index (χ2v) is 9.31. The van der Waals surface area contributed by atoms with Crippen LogP contribution in [0, 0.1) is 11.3 Å². The Morgan fingerprint density at radius 3 is 2.43 bits per heavy atom. The fourth-order valence-corrected chi connectivity index (χ4v) is 3.46. The van der Waals surface area contributed by atoms with Crippen molar-refractivity contribution in [1.29, 1.82) is 0 Å². The van der Waals surface area contributed by atoms with Gasteiger partial charge in [-0.3, -0.25) is 4.99 Å². The Hall–Kier alpha value is -0.820. The maximum atomic E-state index is 11.0. The van der Waals surface area contributed by atoms with Crippen molar-refractivity contribution in [2.45, 2.75) is 39.5 Å². The molecule has 1 fully saturated rings. The van der Waals surface area contributed by atoms with E-state index >= 15 is 0 Å². The molecule has 2 N–H and O–H groups in total. The lowest BCUT2D eigenvalue weighted by Crippen LogP contribution is -2.47. The SMILES string of the molecule is CN=C(NCCOCCS(C)(=O)=O)NCC1(CC(C)C)CCC1. The molecule has 1 aliphatic rings. The highest BCUT2D eigenvalue weighted by molar-refractivity contribution is 7.90. The number of rotatable bonds is 10. The quantitative estimate of drug-likeness (QED) is 0.355. The fraction of sp³-hybridized carbons (Fsp3) is 0.938. The Balaban J connectivity index is 2.19. The minimum absolute atomic E-state index is 0.0672. The fourth-order valence-electron chi connectivity index (χ4n) is 3.04. The number of nitrogens with zero attached hydrogens (tertiary/aromatic N) is 1. The molecule has 0 spiro atoms. The van der Waals surface area contributed by atoms with Gasteiger partial charge in [-0.05, 0) is 30.6 Å². The van der Waals surface area contributed by atoms with E-state index in [1.54, 1.807) is 7.05 Å². The number of guanidine groups is 1. The molecule has 6 nitrogen and oxygen atoms in total. The molecule has 0 aromatic carbocycles. The maximum absolute atomic E-state index is 11.0. The average Bonchev–Trinajstić information content (AvgIpc) is 2.40. The van der Waals surface area contributed by atoms with Gasteiger partial charge in [0.25, 0.3) is 0 Å². The highest BCUT2D eigenvalue weighted by Gasteiger charge is 2.37. The molecule has 0 aromatic rings. The van der Waals surface area contributed by atoms with Crippen LogP contribution in [0.3, 0.4) is 0 Å². The molecule has 0 aliphatic heterocycles. The second kappa shape index (κ2) is 9.47. The van der Waals surface area contributed by atoms with Gasteiger partial charge >= 0.3 is 0 Å². The minimum Gasteiger partial charge on any atom is -0.379 e. The summed E-state index contributed by atoms with van der Waals surface area (Å²) in [5.41, 5.74) is 0.428. The number of aliphatic imine (C=N–C) groups is 1. The molecule has 0 atom stereocenters. The summed E-state index contributed by atoms with van der Waals surface area (Å²) in [5.74, 6) is 1.57. The van der Waals surface area contributed by atoms with Crippen LogP contribution in [0.25, 0.3) is 0 Å². The molecular weight excluding hydrogens is 314 g/mol. The van der Waals surface area contributed by atoms with Gasteiger partial charge in [0.1, 0.15) is 9.84 Å². The molecule has 0 radical (unpaired) electrons. The summed E-state index contributed by atoms with van der Waals surface area (Å²) < 4.78 is 27.3. The van der Waals surface area contributed by atoms with Gasteiger partial charge in [-0.2, -0.15) is 0 Å². The summed E-state index contributed by atoms with van der Waals surface area (Å²) in [6, 6.07) is 0. The molecule has 1 aliphatic carbocycles. The predicted octanol–water partition coefficient (Wildman–Crippen LogP) is 1.43. The van der Waals surface area contributed by atoms with Crippen molar-refractivity contribution < 1.29 is 13.2 Å². The molecule has 0 saturated heterocycles. The lowest BCUT2D eigenvalue weighted by molar-refractivity contribution is 0.104. The first kappa shape index (κ1) is 20.2. The highest BCUT2D eigenvalue weighted by atomic mass is 32.2. The van der Waals surface area contributed by atoms with E-state index in [1.165, 1.54) is 31.9 Å². The monoisotopic (exact) mass is 347 g/mol. The molecule has 23 heavy (non-hydrogen) atoms. The Labute approximate surface area is 141 Å². The van der Waals surface area contributed by atoms with Gasteiger partial charge in [-0.1, -0.05) is 20.3 Å². The van der Waals surface area contributed by atoms with Crippen LogP contribution >= 0.6 is 0 Å². The minimum atomic E-state index is -2.95. The third-order valence-electron chi connectivity index (χ3n) is 4.25. The Kier molecular flexibility index (Phi) is 8.33. The second-order valence-electron chi connectivity index (χ2n) is 7.05. The van der Waals surface area contributed by atoms with Crippen molar-refractivity contribution in [2.24, 2.45) is 16.3 Å². The summed E-state index contributed by atoms with van der Waals surface area (Å²) in [4.78, 5) is 4.23. The van der Waals surface area contributed by atoms with Crippen molar-refractivity contribution in [3.05, 3.63) is 0 Å². The smallest absolute Gasteiger partial charge is 0.191 e.